The summed E-state index contributed by atoms with van der Waals surface area (Å²) in [6.45, 7) is 0.207. The van der Waals surface area contributed by atoms with Gasteiger partial charge in [-0.05, 0) is 12.1 Å². The number of hydrazine groups is 1. The van der Waals surface area contributed by atoms with Crippen LogP contribution >= 0.6 is 0 Å². The number of nitro benzene ring substituents is 1. The van der Waals surface area contributed by atoms with Crippen molar-refractivity contribution in [2.45, 2.75) is 6.42 Å². The first-order valence-corrected chi connectivity index (χ1v) is 5.91. The molecule has 0 aliphatic carbocycles. The highest BCUT2D eigenvalue weighted by atomic mass is 16.6. The summed E-state index contributed by atoms with van der Waals surface area (Å²) in [5.41, 5.74) is 1.79. The van der Waals surface area contributed by atoms with E-state index in [1.54, 1.807) is 0 Å². The van der Waals surface area contributed by atoms with Crippen LogP contribution < -0.4 is 16.6 Å². The van der Waals surface area contributed by atoms with Crippen LogP contribution in [0, 0.1) is 10.1 Å². The smallest absolute Gasteiger partial charge is 0.306 e. The number of carbonyl (C=O) groups is 1. The van der Waals surface area contributed by atoms with Gasteiger partial charge in [-0.1, -0.05) is 11.2 Å². The van der Waals surface area contributed by atoms with Gasteiger partial charge in [-0.25, -0.2) is 0 Å². The molecule has 1 aromatic heterocycles. The number of nitrogen functional groups attached to an aromatic ring is 1. The second-order valence-electron chi connectivity index (χ2n) is 3.94. The lowest BCUT2D eigenvalue weighted by Gasteiger charge is -2.07. The molecule has 2 aromatic rings. The van der Waals surface area contributed by atoms with E-state index in [9.17, 15) is 14.9 Å². The largest absolute Gasteiger partial charge is 0.351 e. The molecule has 0 aliphatic rings. The molecule has 1 aromatic carbocycles. The summed E-state index contributed by atoms with van der Waals surface area (Å²) in [5.74, 6) is 4.99. The van der Waals surface area contributed by atoms with Gasteiger partial charge in [-0.3, -0.25) is 20.8 Å². The summed E-state index contributed by atoms with van der Waals surface area (Å²) >= 11 is 0. The molecule has 0 saturated heterocycles. The van der Waals surface area contributed by atoms with Crippen molar-refractivity contribution >= 4 is 17.3 Å². The lowest BCUT2D eigenvalue weighted by atomic mass is 10.1. The SMILES string of the molecule is NNc1cccc(C(=O)NCCc2ncno2)c1[N+](=O)[O-]. The topological polar surface area (TPSA) is 149 Å². The lowest BCUT2D eigenvalue weighted by molar-refractivity contribution is -0.384. The third-order valence-electron chi connectivity index (χ3n) is 2.65. The molecule has 10 nitrogen and oxygen atoms in total. The van der Waals surface area contributed by atoms with Gasteiger partial charge in [0.2, 0.25) is 5.89 Å². The van der Waals surface area contributed by atoms with E-state index in [2.05, 4.69) is 20.9 Å². The summed E-state index contributed by atoms with van der Waals surface area (Å²) in [4.78, 5) is 26.2. The number of hydrogen-bond donors (Lipinski definition) is 3. The van der Waals surface area contributed by atoms with Gasteiger partial charge in [-0.15, -0.1) is 0 Å². The van der Waals surface area contributed by atoms with Crippen molar-refractivity contribution in [2.75, 3.05) is 12.0 Å². The van der Waals surface area contributed by atoms with Gasteiger partial charge in [0.1, 0.15) is 11.3 Å². The normalized spacial score (nSPS) is 10.1. The Bertz CT molecular complexity index is 642. The maximum atomic E-state index is 12.0. The van der Waals surface area contributed by atoms with Gasteiger partial charge in [0.05, 0.1) is 4.92 Å². The number of hydrogen-bond acceptors (Lipinski definition) is 8. The highest BCUT2D eigenvalue weighted by Gasteiger charge is 2.23. The molecule has 110 valence electrons. The highest BCUT2D eigenvalue weighted by Crippen LogP contribution is 2.27. The number of rotatable bonds is 6. The van der Waals surface area contributed by atoms with Crippen molar-refractivity contribution in [3.63, 3.8) is 0 Å². The molecule has 0 radical (unpaired) electrons. The lowest BCUT2D eigenvalue weighted by Crippen LogP contribution is -2.27. The van der Waals surface area contributed by atoms with Crippen LogP contribution in [-0.4, -0.2) is 27.5 Å². The van der Waals surface area contributed by atoms with Crippen molar-refractivity contribution in [3.8, 4) is 0 Å². The predicted molar refractivity (Wildman–Crippen MR) is 71.2 cm³/mol. The molecule has 0 unspecified atom stereocenters. The fourth-order valence-corrected chi connectivity index (χ4v) is 1.72. The highest BCUT2D eigenvalue weighted by molar-refractivity contribution is 6.00. The van der Waals surface area contributed by atoms with E-state index in [0.717, 1.165) is 0 Å². The number of nitrogens with one attached hydrogen (secondary N) is 2. The summed E-state index contributed by atoms with van der Waals surface area (Å²) in [6, 6.07) is 4.25. The number of nitro groups is 1. The molecule has 0 saturated carbocycles. The summed E-state index contributed by atoms with van der Waals surface area (Å²) in [7, 11) is 0. The Morgan fingerprint density at radius 2 is 2.29 bits per heavy atom. The van der Waals surface area contributed by atoms with E-state index >= 15 is 0 Å². The van der Waals surface area contributed by atoms with Crippen molar-refractivity contribution < 1.29 is 14.2 Å². The average Bonchev–Trinajstić information content (AvgIpc) is 2.99. The third-order valence-corrected chi connectivity index (χ3v) is 2.65. The quantitative estimate of drug-likeness (QED) is 0.389. The van der Waals surface area contributed by atoms with E-state index in [0.29, 0.717) is 12.3 Å². The van der Waals surface area contributed by atoms with Crippen LogP contribution in [0.5, 0.6) is 0 Å². The summed E-state index contributed by atoms with van der Waals surface area (Å²) in [6.07, 6.45) is 1.58. The van der Waals surface area contributed by atoms with Gasteiger partial charge >= 0.3 is 5.69 Å². The molecule has 0 atom stereocenters. The first kappa shape index (κ1) is 14.4. The molecule has 2 rings (SSSR count). The number of para-hydroxylation sites is 1. The fourth-order valence-electron chi connectivity index (χ4n) is 1.72. The summed E-state index contributed by atoms with van der Waals surface area (Å²) in [5, 5.41) is 17.0. The zero-order valence-electron chi connectivity index (χ0n) is 10.8. The van der Waals surface area contributed by atoms with Gasteiger partial charge in [0.15, 0.2) is 6.33 Å². The maximum absolute atomic E-state index is 12.0. The zero-order chi connectivity index (χ0) is 15.2. The Labute approximate surface area is 118 Å². The second kappa shape index (κ2) is 6.43. The second-order valence-corrected chi connectivity index (χ2v) is 3.94. The molecular weight excluding hydrogens is 280 g/mol. The van der Waals surface area contributed by atoms with Gasteiger partial charge in [0, 0.05) is 13.0 Å². The minimum absolute atomic E-state index is 0.0598. The molecule has 1 heterocycles. The molecule has 0 aliphatic heterocycles. The van der Waals surface area contributed by atoms with E-state index in [1.165, 1.54) is 24.5 Å². The van der Waals surface area contributed by atoms with Gasteiger partial charge in [-0.2, -0.15) is 4.98 Å². The number of benzene rings is 1. The number of aromatic nitrogens is 2. The number of anilines is 1. The van der Waals surface area contributed by atoms with Crippen LogP contribution in [0.25, 0.3) is 0 Å². The number of amides is 1. The third kappa shape index (κ3) is 3.30. The molecule has 0 fully saturated rings. The first-order chi connectivity index (χ1) is 10.1. The Morgan fingerprint density at radius 3 is 2.90 bits per heavy atom. The first-order valence-electron chi connectivity index (χ1n) is 5.91. The van der Waals surface area contributed by atoms with E-state index in [-0.39, 0.29) is 23.5 Å². The minimum atomic E-state index is -0.665. The van der Waals surface area contributed by atoms with E-state index < -0.39 is 10.8 Å². The zero-order valence-corrected chi connectivity index (χ0v) is 10.8. The van der Waals surface area contributed by atoms with Gasteiger partial charge in [0.25, 0.3) is 5.91 Å². The van der Waals surface area contributed by atoms with E-state index in [4.69, 9.17) is 10.4 Å². The van der Waals surface area contributed by atoms with Crippen molar-refractivity contribution in [3.05, 3.63) is 46.1 Å². The van der Waals surface area contributed by atoms with Crippen LogP contribution in [0.1, 0.15) is 16.2 Å². The molecule has 0 spiro atoms. The molecule has 1 amide bonds. The Balaban J connectivity index is 2.10. The molecule has 10 heteroatoms. The van der Waals surface area contributed by atoms with Crippen molar-refractivity contribution in [1.82, 2.24) is 15.5 Å². The predicted octanol–water partition coefficient (Wildman–Crippen LogP) is 0.236. The van der Waals surface area contributed by atoms with E-state index in [1.807, 2.05) is 0 Å². The average molecular weight is 292 g/mol. The molecule has 21 heavy (non-hydrogen) atoms. The van der Waals surface area contributed by atoms with Crippen molar-refractivity contribution in [1.29, 1.82) is 0 Å². The maximum Gasteiger partial charge on any atom is 0.306 e. The number of carbonyl (C=O) groups excluding carboxylic acids is 1. The monoisotopic (exact) mass is 292 g/mol. The Morgan fingerprint density at radius 1 is 1.48 bits per heavy atom. The Kier molecular flexibility index (Phi) is 4.41. The van der Waals surface area contributed by atoms with Gasteiger partial charge < -0.3 is 15.3 Å². The van der Waals surface area contributed by atoms with Crippen LogP contribution in [0.2, 0.25) is 0 Å². The Hall–Kier alpha value is -3.01. The van der Waals surface area contributed by atoms with Crippen LogP contribution in [0.3, 0.4) is 0 Å². The summed E-state index contributed by atoms with van der Waals surface area (Å²) < 4.78 is 4.77. The molecular formula is C11H12N6O4. The fraction of sp³-hybridized carbons (Fsp3) is 0.182. The molecule has 4 N–H and O–H groups in total. The minimum Gasteiger partial charge on any atom is -0.351 e. The number of nitrogens with two attached hydrogens (primary N) is 1. The standard InChI is InChI=1S/C11H12N6O4/c12-16-8-3-1-2-7(10(8)17(19)20)11(18)13-5-4-9-14-6-15-21-9/h1-3,6,16H,4-5,12H2,(H,13,18). The van der Waals surface area contributed by atoms with Crippen LogP contribution in [0.4, 0.5) is 11.4 Å². The molecule has 0 bridgehead atoms. The van der Waals surface area contributed by atoms with Crippen LogP contribution in [-0.2, 0) is 6.42 Å². The van der Waals surface area contributed by atoms with Crippen LogP contribution in [0.15, 0.2) is 29.0 Å². The number of nitrogens with zero attached hydrogens (tertiary/aromatic N) is 3. The van der Waals surface area contributed by atoms with Crippen molar-refractivity contribution in [2.24, 2.45) is 5.84 Å².